The Bertz CT molecular complexity index is 282. The number of piperidine rings is 1. The normalized spacial score (nSPS) is 18.5. The first-order valence-corrected chi connectivity index (χ1v) is 6.90. The number of rotatable bonds is 5. The van der Waals surface area contributed by atoms with Crippen LogP contribution in [0.3, 0.4) is 0 Å². The fourth-order valence-electron chi connectivity index (χ4n) is 2.38. The Morgan fingerprint density at radius 3 is 2.39 bits per heavy atom. The number of nitrogens with two attached hydrogens (primary N) is 1. The maximum atomic E-state index is 12.1. The van der Waals surface area contributed by atoms with Crippen molar-refractivity contribution in [1.29, 1.82) is 0 Å². The summed E-state index contributed by atoms with van der Waals surface area (Å²) in [5.74, 6) is 0.266. The molecule has 1 heterocycles. The lowest BCUT2D eigenvalue weighted by Gasteiger charge is -2.33. The van der Waals surface area contributed by atoms with Crippen LogP contribution in [0.2, 0.25) is 0 Å². The fraction of sp³-hybridized carbons (Fsp3) is 0.846. The number of nitrogens with one attached hydrogen (secondary N) is 1. The highest BCUT2D eigenvalue weighted by Crippen LogP contribution is 2.19. The first kappa shape index (κ1) is 15.0. The lowest BCUT2D eigenvalue weighted by atomic mass is 9.94. The van der Waals surface area contributed by atoms with E-state index >= 15 is 0 Å². The largest absolute Gasteiger partial charge is 0.356 e. The molecule has 0 aliphatic carbocycles. The molecule has 5 nitrogen and oxygen atoms in total. The van der Waals surface area contributed by atoms with Crippen molar-refractivity contribution >= 4 is 11.8 Å². The van der Waals surface area contributed by atoms with Gasteiger partial charge in [-0.15, -0.1) is 0 Å². The van der Waals surface area contributed by atoms with E-state index in [1.807, 2.05) is 18.7 Å². The van der Waals surface area contributed by atoms with Crippen molar-refractivity contribution in [3.05, 3.63) is 0 Å². The highest BCUT2D eigenvalue weighted by molar-refractivity contribution is 5.81. The summed E-state index contributed by atoms with van der Waals surface area (Å²) in [6.45, 7) is 6.34. The van der Waals surface area contributed by atoms with Crippen LogP contribution in [0.15, 0.2) is 0 Å². The Kier molecular flexibility index (Phi) is 6.12. The first-order chi connectivity index (χ1) is 8.63. The van der Waals surface area contributed by atoms with Gasteiger partial charge in [0.05, 0.1) is 5.92 Å². The third-order valence-electron chi connectivity index (χ3n) is 3.65. The molecular weight excluding hydrogens is 230 g/mol. The van der Waals surface area contributed by atoms with Crippen LogP contribution in [0.1, 0.15) is 33.1 Å². The Hall–Kier alpha value is -1.10. The van der Waals surface area contributed by atoms with Crippen LogP contribution in [0.25, 0.3) is 0 Å². The van der Waals surface area contributed by atoms with Gasteiger partial charge in [-0.2, -0.15) is 0 Å². The summed E-state index contributed by atoms with van der Waals surface area (Å²) in [5, 5.41) is 2.84. The third-order valence-corrected chi connectivity index (χ3v) is 3.65. The average molecular weight is 255 g/mol. The molecule has 5 heteroatoms. The van der Waals surface area contributed by atoms with Gasteiger partial charge >= 0.3 is 0 Å². The van der Waals surface area contributed by atoms with Gasteiger partial charge in [0.2, 0.25) is 11.8 Å². The molecule has 0 aromatic carbocycles. The van der Waals surface area contributed by atoms with Crippen molar-refractivity contribution in [2.75, 3.05) is 26.2 Å². The maximum absolute atomic E-state index is 12.1. The number of hydrogen-bond acceptors (Lipinski definition) is 3. The second-order valence-corrected chi connectivity index (χ2v) is 4.84. The summed E-state index contributed by atoms with van der Waals surface area (Å²) in [6, 6.07) is 0. The monoisotopic (exact) mass is 255 g/mol. The zero-order valence-electron chi connectivity index (χ0n) is 11.4. The Labute approximate surface area is 109 Å². The molecule has 2 amide bonds. The average Bonchev–Trinajstić information content (AvgIpc) is 2.40. The molecular formula is C13H25N3O2. The van der Waals surface area contributed by atoms with E-state index in [2.05, 4.69) is 5.32 Å². The van der Waals surface area contributed by atoms with Gasteiger partial charge in [-0.05, 0) is 26.2 Å². The number of hydrogen-bond donors (Lipinski definition) is 2. The van der Waals surface area contributed by atoms with Gasteiger partial charge in [-0.3, -0.25) is 9.59 Å². The zero-order chi connectivity index (χ0) is 13.5. The smallest absolute Gasteiger partial charge is 0.226 e. The molecule has 1 rings (SSSR count). The Balaban J connectivity index is 2.43. The van der Waals surface area contributed by atoms with Gasteiger partial charge in [0.1, 0.15) is 0 Å². The van der Waals surface area contributed by atoms with Crippen LogP contribution in [-0.2, 0) is 9.59 Å². The summed E-state index contributed by atoms with van der Waals surface area (Å²) in [6.07, 6.45) is 2.31. The molecule has 1 atom stereocenters. The van der Waals surface area contributed by atoms with Crippen LogP contribution >= 0.6 is 0 Å². The lowest BCUT2D eigenvalue weighted by molar-refractivity contribution is -0.138. The Morgan fingerprint density at radius 1 is 1.33 bits per heavy atom. The highest BCUT2D eigenvalue weighted by atomic mass is 16.2. The first-order valence-electron chi connectivity index (χ1n) is 6.90. The molecule has 0 radical (unpaired) electrons. The fourth-order valence-corrected chi connectivity index (χ4v) is 2.38. The summed E-state index contributed by atoms with van der Waals surface area (Å²) >= 11 is 0. The minimum absolute atomic E-state index is 0.0620. The molecule has 1 unspecified atom stereocenters. The van der Waals surface area contributed by atoms with Crippen molar-refractivity contribution in [2.45, 2.75) is 33.1 Å². The molecule has 104 valence electrons. The number of amides is 2. The van der Waals surface area contributed by atoms with Crippen LogP contribution in [0.5, 0.6) is 0 Å². The standard InChI is InChI=1S/C13H25N3O2/c1-3-10(9-14)13(18)16-7-5-11(6-8-16)12(17)15-4-2/h10-11H,3-9,14H2,1-2H3,(H,15,17). The van der Waals surface area contributed by atoms with E-state index in [0.717, 1.165) is 19.3 Å². The van der Waals surface area contributed by atoms with Crippen LogP contribution < -0.4 is 11.1 Å². The predicted octanol–water partition coefficient (Wildman–Crippen LogP) is 0.346. The molecule has 0 spiro atoms. The van der Waals surface area contributed by atoms with E-state index in [4.69, 9.17) is 5.73 Å². The van der Waals surface area contributed by atoms with E-state index < -0.39 is 0 Å². The van der Waals surface area contributed by atoms with Crippen molar-refractivity contribution in [2.24, 2.45) is 17.6 Å². The second-order valence-electron chi connectivity index (χ2n) is 4.84. The summed E-state index contributed by atoms with van der Waals surface area (Å²) in [7, 11) is 0. The molecule has 1 aliphatic rings. The van der Waals surface area contributed by atoms with Crippen molar-refractivity contribution in [3.8, 4) is 0 Å². The second kappa shape index (κ2) is 7.36. The SMILES string of the molecule is CCNC(=O)C1CCN(C(=O)C(CC)CN)CC1. The van der Waals surface area contributed by atoms with Crippen LogP contribution in [-0.4, -0.2) is 42.9 Å². The number of nitrogens with zero attached hydrogens (tertiary/aromatic N) is 1. The van der Waals surface area contributed by atoms with E-state index in [0.29, 0.717) is 26.2 Å². The maximum Gasteiger partial charge on any atom is 0.226 e. The van der Waals surface area contributed by atoms with Crippen molar-refractivity contribution < 1.29 is 9.59 Å². The van der Waals surface area contributed by atoms with Gasteiger partial charge in [0.25, 0.3) is 0 Å². The van der Waals surface area contributed by atoms with E-state index in [1.165, 1.54) is 0 Å². The van der Waals surface area contributed by atoms with Crippen LogP contribution in [0.4, 0.5) is 0 Å². The molecule has 3 N–H and O–H groups in total. The van der Waals surface area contributed by atoms with Crippen molar-refractivity contribution in [1.82, 2.24) is 10.2 Å². The Morgan fingerprint density at radius 2 is 1.94 bits per heavy atom. The lowest BCUT2D eigenvalue weighted by Crippen LogP contribution is -2.46. The van der Waals surface area contributed by atoms with E-state index in [1.54, 1.807) is 0 Å². The molecule has 18 heavy (non-hydrogen) atoms. The van der Waals surface area contributed by atoms with Crippen molar-refractivity contribution in [3.63, 3.8) is 0 Å². The molecule has 0 aromatic rings. The molecule has 1 saturated heterocycles. The number of carbonyl (C=O) groups excluding carboxylic acids is 2. The van der Waals surface area contributed by atoms with Gasteiger partial charge in [-0.25, -0.2) is 0 Å². The predicted molar refractivity (Wildman–Crippen MR) is 70.8 cm³/mol. The number of carbonyl (C=O) groups is 2. The van der Waals surface area contributed by atoms with Crippen LogP contribution in [0, 0.1) is 11.8 Å². The minimum Gasteiger partial charge on any atom is -0.356 e. The summed E-state index contributed by atoms with van der Waals surface area (Å²) in [4.78, 5) is 25.7. The quantitative estimate of drug-likeness (QED) is 0.744. The van der Waals surface area contributed by atoms with E-state index in [9.17, 15) is 9.59 Å². The highest BCUT2D eigenvalue weighted by Gasteiger charge is 2.29. The summed E-state index contributed by atoms with van der Waals surface area (Å²) < 4.78 is 0. The summed E-state index contributed by atoms with van der Waals surface area (Å²) in [5.41, 5.74) is 5.59. The molecule has 0 saturated carbocycles. The van der Waals surface area contributed by atoms with Gasteiger partial charge in [0.15, 0.2) is 0 Å². The zero-order valence-corrected chi connectivity index (χ0v) is 11.4. The molecule has 1 aliphatic heterocycles. The molecule has 0 aromatic heterocycles. The topological polar surface area (TPSA) is 75.4 Å². The molecule has 1 fully saturated rings. The minimum atomic E-state index is -0.0639. The molecule has 0 bridgehead atoms. The van der Waals surface area contributed by atoms with Gasteiger partial charge in [-0.1, -0.05) is 6.92 Å². The number of likely N-dealkylation sites (tertiary alicyclic amines) is 1. The third kappa shape index (κ3) is 3.70. The van der Waals surface area contributed by atoms with Gasteiger partial charge in [0, 0.05) is 32.1 Å². The van der Waals surface area contributed by atoms with E-state index in [-0.39, 0.29) is 23.7 Å². The van der Waals surface area contributed by atoms with Gasteiger partial charge < -0.3 is 16.0 Å².